The van der Waals surface area contributed by atoms with E-state index in [2.05, 4.69) is 72.5 Å². The molecule has 108 valence electrons. The molecule has 15 heteroatoms. The zero-order valence-electron chi connectivity index (χ0n) is 9.85. The second-order valence-electron chi connectivity index (χ2n) is 3.65. The van der Waals surface area contributed by atoms with Crippen LogP contribution in [0.1, 0.15) is 23.7 Å². The van der Waals surface area contributed by atoms with E-state index in [-0.39, 0.29) is 23.1 Å². The van der Waals surface area contributed by atoms with E-state index < -0.39 is 12.3 Å². The van der Waals surface area contributed by atoms with Crippen LogP contribution in [-0.4, -0.2) is 20.6 Å². The molecule has 21 heavy (non-hydrogen) atoms. The van der Waals surface area contributed by atoms with Crippen LogP contribution >= 0.6 is 0 Å². The number of nitrogens with zero attached hydrogens (tertiary/aromatic N) is 10. The van der Waals surface area contributed by atoms with Crippen LogP contribution in [0.3, 0.4) is 0 Å². The Bertz CT molecular complexity index is 632. The smallest absolute Gasteiger partial charge is 0.286 e. The summed E-state index contributed by atoms with van der Waals surface area (Å²) in [6, 6.07) is 0. The van der Waals surface area contributed by atoms with E-state index in [1.165, 1.54) is 0 Å². The second-order valence-corrected chi connectivity index (χ2v) is 3.65. The molecule has 0 fully saturated rings. The Balaban J connectivity index is 1.59. The maximum absolute atomic E-state index is 5.43. The highest BCUT2D eigenvalue weighted by molar-refractivity contribution is 5.30. The normalized spacial score (nSPS) is 23.2. The SMILES string of the molecule is N1=NC(c2nonc2Oc2nonc2C2N=NN[N-]2)[N-]N1. The molecule has 0 saturated heterocycles. The van der Waals surface area contributed by atoms with Crippen molar-refractivity contribution in [1.82, 2.24) is 31.7 Å². The molecular formula is C6H4N12O3-2. The summed E-state index contributed by atoms with van der Waals surface area (Å²) in [5.41, 5.74) is 12.7. The van der Waals surface area contributed by atoms with E-state index >= 15 is 0 Å². The molecule has 4 heterocycles. The molecule has 0 aromatic carbocycles. The molecule has 2 aromatic heterocycles. The van der Waals surface area contributed by atoms with Crippen LogP contribution < -0.4 is 15.8 Å². The van der Waals surface area contributed by atoms with E-state index in [0.717, 1.165) is 0 Å². The zero-order valence-corrected chi connectivity index (χ0v) is 9.85. The van der Waals surface area contributed by atoms with Crippen molar-refractivity contribution in [2.75, 3.05) is 0 Å². The molecule has 0 amide bonds. The third kappa shape index (κ3) is 2.01. The van der Waals surface area contributed by atoms with Crippen molar-refractivity contribution in [3.05, 3.63) is 22.2 Å². The molecule has 2 aromatic rings. The van der Waals surface area contributed by atoms with Crippen LogP contribution in [0, 0.1) is 0 Å². The summed E-state index contributed by atoms with van der Waals surface area (Å²) in [6.07, 6.45) is -1.46. The molecule has 4 rings (SSSR count). The standard InChI is InChI=1S/C6H4N12O3/c7-3(8-16-15-7)1-5(13-20-11-1)19-6-2(12-21-14-6)4-9-17-18-10-4/h3-4H,(H2-2,7,8,9,10,15,16,17,18)/q-2. The second kappa shape index (κ2) is 4.72. The quantitative estimate of drug-likeness (QED) is 0.818. The average Bonchev–Trinajstić information content (AvgIpc) is 3.28. The number of rotatable bonds is 4. The lowest BCUT2D eigenvalue weighted by atomic mass is 10.3. The Kier molecular flexibility index (Phi) is 2.61. The Morgan fingerprint density at radius 2 is 1.33 bits per heavy atom. The average molecular weight is 292 g/mol. The summed E-state index contributed by atoms with van der Waals surface area (Å²) < 4.78 is 14.6. The number of hydrogen-bond acceptors (Lipinski definition) is 13. The van der Waals surface area contributed by atoms with Crippen molar-refractivity contribution >= 4 is 0 Å². The summed E-state index contributed by atoms with van der Waals surface area (Å²) in [5, 5.41) is 29.0. The van der Waals surface area contributed by atoms with Gasteiger partial charge < -0.3 is 26.7 Å². The van der Waals surface area contributed by atoms with E-state index in [1.54, 1.807) is 0 Å². The van der Waals surface area contributed by atoms with Gasteiger partial charge >= 0.3 is 0 Å². The third-order valence-corrected chi connectivity index (χ3v) is 2.43. The number of hydrogen-bond donors (Lipinski definition) is 2. The lowest BCUT2D eigenvalue weighted by molar-refractivity contribution is 0.272. The summed E-state index contributed by atoms with van der Waals surface area (Å²) in [7, 11) is 0. The topological polar surface area (TPSA) is 189 Å². The monoisotopic (exact) mass is 292 g/mol. The van der Waals surface area contributed by atoms with Gasteiger partial charge in [-0.15, -0.1) is 0 Å². The van der Waals surface area contributed by atoms with Crippen molar-refractivity contribution in [3.63, 3.8) is 0 Å². The maximum Gasteiger partial charge on any atom is 0.286 e. The van der Waals surface area contributed by atoms with Crippen molar-refractivity contribution in [1.29, 1.82) is 0 Å². The van der Waals surface area contributed by atoms with Gasteiger partial charge in [0, 0.05) is 0 Å². The van der Waals surface area contributed by atoms with Crippen LogP contribution in [0.25, 0.3) is 10.9 Å². The highest BCUT2D eigenvalue weighted by Crippen LogP contribution is 2.36. The van der Waals surface area contributed by atoms with E-state index in [1.807, 2.05) is 0 Å². The van der Waals surface area contributed by atoms with Gasteiger partial charge in [-0.1, -0.05) is 20.8 Å². The largest absolute Gasteiger partial charge is 0.523 e. The van der Waals surface area contributed by atoms with E-state index in [9.17, 15) is 0 Å². The summed E-state index contributed by atoms with van der Waals surface area (Å²) in [6.45, 7) is 0. The first kappa shape index (κ1) is 11.6. The highest BCUT2D eigenvalue weighted by Gasteiger charge is 2.24. The molecule has 2 unspecified atom stereocenters. The van der Waals surface area contributed by atoms with Gasteiger partial charge in [-0.3, -0.25) is 0 Å². The molecule has 2 N–H and O–H groups in total. The molecule has 0 bridgehead atoms. The maximum atomic E-state index is 5.43. The zero-order chi connectivity index (χ0) is 14.1. The predicted octanol–water partition coefficient (Wildman–Crippen LogP) is 0.760. The van der Waals surface area contributed by atoms with Crippen LogP contribution in [0.2, 0.25) is 0 Å². The van der Waals surface area contributed by atoms with Gasteiger partial charge in [0.1, 0.15) is 0 Å². The van der Waals surface area contributed by atoms with Gasteiger partial charge in [0.05, 0.1) is 12.3 Å². The van der Waals surface area contributed by atoms with Crippen LogP contribution in [-0.2, 0) is 0 Å². The van der Waals surface area contributed by atoms with E-state index in [0.29, 0.717) is 0 Å². The van der Waals surface area contributed by atoms with Gasteiger partial charge in [0.15, 0.2) is 11.4 Å². The van der Waals surface area contributed by atoms with Crippen LogP contribution in [0.5, 0.6) is 11.8 Å². The molecule has 2 atom stereocenters. The summed E-state index contributed by atoms with van der Waals surface area (Å²) >= 11 is 0. The van der Waals surface area contributed by atoms with Gasteiger partial charge in [-0.2, -0.15) is 10.2 Å². The van der Waals surface area contributed by atoms with Crippen LogP contribution in [0.15, 0.2) is 29.9 Å². The van der Waals surface area contributed by atoms with Crippen molar-refractivity contribution in [2.24, 2.45) is 20.7 Å². The van der Waals surface area contributed by atoms with Crippen LogP contribution in [0.4, 0.5) is 0 Å². The summed E-state index contributed by atoms with van der Waals surface area (Å²) in [4.78, 5) is 0. The molecule has 2 aliphatic heterocycles. The van der Waals surface area contributed by atoms with Gasteiger partial charge in [-0.25, -0.2) is 9.26 Å². The number of nitrogens with one attached hydrogen (secondary N) is 2. The fourth-order valence-electron chi connectivity index (χ4n) is 1.53. The lowest BCUT2D eigenvalue weighted by Gasteiger charge is -2.16. The Morgan fingerprint density at radius 1 is 0.810 bits per heavy atom. The van der Waals surface area contributed by atoms with E-state index in [4.69, 9.17) is 4.74 Å². The van der Waals surface area contributed by atoms with Gasteiger partial charge in [0.25, 0.3) is 11.8 Å². The molecule has 0 spiro atoms. The van der Waals surface area contributed by atoms with Gasteiger partial charge in [-0.05, 0) is 10.3 Å². The minimum atomic E-state index is -0.730. The predicted molar refractivity (Wildman–Crippen MR) is 56.9 cm³/mol. The first-order valence-electron chi connectivity index (χ1n) is 5.44. The first-order chi connectivity index (χ1) is 10.4. The molecule has 0 aliphatic carbocycles. The third-order valence-electron chi connectivity index (χ3n) is 2.43. The molecule has 0 saturated carbocycles. The molecule has 2 aliphatic rings. The number of aromatic nitrogens is 4. The van der Waals surface area contributed by atoms with Crippen molar-refractivity contribution < 1.29 is 14.0 Å². The highest BCUT2D eigenvalue weighted by atomic mass is 16.6. The fourth-order valence-corrected chi connectivity index (χ4v) is 1.53. The molecular weight excluding hydrogens is 288 g/mol. The fraction of sp³-hybridized carbons (Fsp3) is 0.333. The van der Waals surface area contributed by atoms with Crippen molar-refractivity contribution in [3.8, 4) is 11.8 Å². The molecule has 0 radical (unpaired) electrons. The minimum Gasteiger partial charge on any atom is -0.523 e. The van der Waals surface area contributed by atoms with Gasteiger partial charge in [0.2, 0.25) is 0 Å². The lowest BCUT2D eigenvalue weighted by Crippen LogP contribution is -2.01. The minimum absolute atomic E-state index is 0.00811. The Morgan fingerprint density at radius 3 is 1.76 bits per heavy atom. The number of ether oxygens (including phenoxy) is 1. The van der Waals surface area contributed by atoms with Crippen molar-refractivity contribution in [2.45, 2.75) is 12.3 Å². The molecule has 15 nitrogen and oxygen atoms in total. The first-order valence-corrected chi connectivity index (χ1v) is 5.44. The Hall–Kier alpha value is -3.20. The Labute approximate surface area is 114 Å². The summed E-state index contributed by atoms with van der Waals surface area (Å²) in [5.74, 6) is -0.0162.